The average molecular weight is 288 g/mol. The van der Waals surface area contributed by atoms with Crippen LogP contribution in [-0.2, 0) is 6.61 Å². The standard InChI is InChI=1S/C14H12N2O5/c15-14(18)12-7-10(16(19)20)3-6-13(12)21-11-4-1-9(8-17)2-5-11/h1-7,17H,8H2,(H2,15,18). The first-order valence-corrected chi connectivity index (χ1v) is 5.97. The summed E-state index contributed by atoms with van der Waals surface area (Å²) in [6.45, 7) is -0.0929. The number of non-ortho nitro benzene ring substituents is 1. The van der Waals surface area contributed by atoms with Crippen molar-refractivity contribution in [1.82, 2.24) is 0 Å². The second kappa shape index (κ2) is 6.02. The van der Waals surface area contributed by atoms with Crippen LogP contribution in [0.2, 0.25) is 0 Å². The minimum atomic E-state index is -0.819. The second-order valence-electron chi connectivity index (χ2n) is 4.21. The van der Waals surface area contributed by atoms with Gasteiger partial charge in [-0.25, -0.2) is 0 Å². The third-order valence-corrected chi connectivity index (χ3v) is 2.77. The third-order valence-electron chi connectivity index (χ3n) is 2.77. The van der Waals surface area contributed by atoms with Crippen molar-refractivity contribution in [1.29, 1.82) is 0 Å². The van der Waals surface area contributed by atoms with Crippen molar-refractivity contribution in [2.75, 3.05) is 0 Å². The molecule has 0 aliphatic carbocycles. The number of nitro groups is 1. The molecule has 0 saturated heterocycles. The van der Waals surface area contributed by atoms with Crippen LogP contribution in [0.4, 0.5) is 5.69 Å². The lowest BCUT2D eigenvalue weighted by Crippen LogP contribution is -2.12. The first-order valence-electron chi connectivity index (χ1n) is 5.97. The van der Waals surface area contributed by atoms with E-state index in [1.54, 1.807) is 24.3 Å². The van der Waals surface area contributed by atoms with Gasteiger partial charge in [0, 0.05) is 12.1 Å². The molecule has 2 aromatic carbocycles. The molecule has 0 atom stereocenters. The molecule has 0 aliphatic heterocycles. The van der Waals surface area contributed by atoms with E-state index in [1.165, 1.54) is 12.1 Å². The second-order valence-corrected chi connectivity index (χ2v) is 4.21. The van der Waals surface area contributed by atoms with E-state index in [1.807, 2.05) is 0 Å². The number of nitrogens with zero attached hydrogens (tertiary/aromatic N) is 1. The van der Waals surface area contributed by atoms with Crippen LogP contribution in [0.1, 0.15) is 15.9 Å². The summed E-state index contributed by atoms with van der Waals surface area (Å²) in [7, 11) is 0. The summed E-state index contributed by atoms with van der Waals surface area (Å²) in [6.07, 6.45) is 0. The molecule has 7 nitrogen and oxygen atoms in total. The first kappa shape index (κ1) is 14.5. The Kier molecular flexibility index (Phi) is 4.15. The van der Waals surface area contributed by atoms with Gasteiger partial charge in [0.15, 0.2) is 0 Å². The number of aliphatic hydroxyl groups excluding tert-OH is 1. The van der Waals surface area contributed by atoms with Gasteiger partial charge in [-0.15, -0.1) is 0 Å². The van der Waals surface area contributed by atoms with Crippen molar-refractivity contribution in [2.45, 2.75) is 6.61 Å². The average Bonchev–Trinajstić information content (AvgIpc) is 2.48. The number of carbonyl (C=O) groups excluding carboxylic acids is 1. The Morgan fingerprint density at radius 1 is 1.24 bits per heavy atom. The van der Waals surface area contributed by atoms with Gasteiger partial charge >= 0.3 is 0 Å². The van der Waals surface area contributed by atoms with Crippen LogP contribution >= 0.6 is 0 Å². The summed E-state index contributed by atoms with van der Waals surface area (Å²) in [5.41, 5.74) is 5.60. The van der Waals surface area contributed by atoms with Crippen LogP contribution in [0, 0.1) is 10.1 Å². The monoisotopic (exact) mass is 288 g/mol. The van der Waals surface area contributed by atoms with E-state index >= 15 is 0 Å². The molecule has 0 heterocycles. The van der Waals surface area contributed by atoms with Gasteiger partial charge in [0.2, 0.25) is 0 Å². The summed E-state index contributed by atoms with van der Waals surface area (Å²) < 4.78 is 5.50. The number of hydrogen-bond donors (Lipinski definition) is 2. The van der Waals surface area contributed by atoms with Crippen LogP contribution in [-0.4, -0.2) is 15.9 Å². The van der Waals surface area contributed by atoms with Crippen molar-refractivity contribution in [2.24, 2.45) is 5.73 Å². The molecule has 2 rings (SSSR count). The Balaban J connectivity index is 2.34. The topological polar surface area (TPSA) is 116 Å². The van der Waals surface area contributed by atoms with Crippen LogP contribution in [0.25, 0.3) is 0 Å². The van der Waals surface area contributed by atoms with Gasteiger partial charge in [-0.1, -0.05) is 12.1 Å². The van der Waals surface area contributed by atoms with Crippen LogP contribution in [0.5, 0.6) is 11.5 Å². The Bertz CT molecular complexity index is 682. The highest BCUT2D eigenvalue weighted by atomic mass is 16.6. The summed E-state index contributed by atoms with van der Waals surface area (Å²) in [5, 5.41) is 19.7. The van der Waals surface area contributed by atoms with Crippen LogP contribution in [0.15, 0.2) is 42.5 Å². The zero-order chi connectivity index (χ0) is 15.4. The van der Waals surface area contributed by atoms with Crippen molar-refractivity contribution in [3.63, 3.8) is 0 Å². The van der Waals surface area contributed by atoms with E-state index in [-0.39, 0.29) is 23.6 Å². The van der Waals surface area contributed by atoms with Gasteiger partial charge in [0.25, 0.3) is 11.6 Å². The SMILES string of the molecule is NC(=O)c1cc([N+](=O)[O-])ccc1Oc1ccc(CO)cc1. The molecule has 0 aromatic heterocycles. The molecule has 0 radical (unpaired) electrons. The minimum absolute atomic E-state index is 0.0737. The Morgan fingerprint density at radius 3 is 2.43 bits per heavy atom. The molecule has 0 bridgehead atoms. The summed E-state index contributed by atoms with van der Waals surface area (Å²) in [4.78, 5) is 21.5. The van der Waals surface area contributed by atoms with Crippen LogP contribution in [0.3, 0.4) is 0 Å². The lowest BCUT2D eigenvalue weighted by atomic mass is 10.1. The molecule has 0 fully saturated rings. The molecule has 0 aliphatic rings. The van der Waals surface area contributed by atoms with E-state index in [9.17, 15) is 14.9 Å². The predicted molar refractivity (Wildman–Crippen MR) is 74.1 cm³/mol. The van der Waals surface area contributed by atoms with Gasteiger partial charge < -0.3 is 15.6 Å². The van der Waals surface area contributed by atoms with E-state index in [4.69, 9.17) is 15.6 Å². The smallest absolute Gasteiger partial charge is 0.270 e. The fourth-order valence-electron chi connectivity index (χ4n) is 1.70. The fourth-order valence-corrected chi connectivity index (χ4v) is 1.70. The maximum Gasteiger partial charge on any atom is 0.270 e. The summed E-state index contributed by atoms with van der Waals surface area (Å²) >= 11 is 0. The zero-order valence-corrected chi connectivity index (χ0v) is 10.9. The molecular formula is C14H12N2O5. The van der Waals surface area contributed by atoms with Crippen molar-refractivity contribution in [3.05, 3.63) is 63.7 Å². The largest absolute Gasteiger partial charge is 0.457 e. The number of nitro benzene ring substituents is 1. The van der Waals surface area contributed by atoms with Gasteiger partial charge in [0.05, 0.1) is 17.1 Å². The minimum Gasteiger partial charge on any atom is -0.457 e. The number of amides is 1. The number of ether oxygens (including phenoxy) is 1. The lowest BCUT2D eigenvalue weighted by molar-refractivity contribution is -0.384. The molecule has 2 aromatic rings. The van der Waals surface area contributed by atoms with Crippen molar-refractivity contribution in [3.8, 4) is 11.5 Å². The Morgan fingerprint density at radius 2 is 1.90 bits per heavy atom. The van der Waals surface area contributed by atoms with Gasteiger partial charge in [-0.3, -0.25) is 14.9 Å². The Hall–Kier alpha value is -2.93. The third kappa shape index (κ3) is 3.34. The summed E-state index contributed by atoms with van der Waals surface area (Å²) in [6, 6.07) is 10.1. The normalized spacial score (nSPS) is 10.1. The highest BCUT2D eigenvalue weighted by Gasteiger charge is 2.16. The molecule has 1 amide bonds. The zero-order valence-electron chi connectivity index (χ0n) is 10.9. The quantitative estimate of drug-likeness (QED) is 0.644. The maximum atomic E-state index is 11.4. The van der Waals surface area contributed by atoms with E-state index in [0.29, 0.717) is 11.3 Å². The number of rotatable bonds is 5. The first-order chi connectivity index (χ1) is 10.0. The Labute approximate surface area is 119 Å². The number of aliphatic hydroxyl groups is 1. The van der Waals surface area contributed by atoms with E-state index in [0.717, 1.165) is 6.07 Å². The molecular weight excluding hydrogens is 276 g/mol. The van der Waals surface area contributed by atoms with Crippen molar-refractivity contribution >= 4 is 11.6 Å². The van der Waals surface area contributed by atoms with Gasteiger partial charge in [-0.2, -0.15) is 0 Å². The fraction of sp³-hybridized carbons (Fsp3) is 0.0714. The molecule has 0 spiro atoms. The summed E-state index contributed by atoms with van der Waals surface area (Å²) in [5.74, 6) is -0.269. The number of carbonyl (C=O) groups is 1. The van der Waals surface area contributed by atoms with Gasteiger partial charge in [0.1, 0.15) is 11.5 Å². The highest BCUT2D eigenvalue weighted by molar-refractivity contribution is 5.96. The molecule has 3 N–H and O–H groups in total. The molecule has 0 unspecified atom stereocenters. The number of nitrogens with two attached hydrogens (primary N) is 1. The molecule has 108 valence electrons. The lowest BCUT2D eigenvalue weighted by Gasteiger charge is -2.09. The molecule has 7 heteroatoms. The molecule has 0 saturated carbocycles. The maximum absolute atomic E-state index is 11.4. The predicted octanol–water partition coefficient (Wildman–Crippen LogP) is 1.98. The van der Waals surface area contributed by atoms with Crippen LogP contribution < -0.4 is 10.5 Å². The molecule has 21 heavy (non-hydrogen) atoms. The van der Waals surface area contributed by atoms with E-state index < -0.39 is 10.8 Å². The van der Waals surface area contributed by atoms with Crippen molar-refractivity contribution < 1.29 is 19.6 Å². The highest BCUT2D eigenvalue weighted by Crippen LogP contribution is 2.28. The number of hydrogen-bond acceptors (Lipinski definition) is 5. The number of benzene rings is 2. The van der Waals surface area contributed by atoms with Gasteiger partial charge in [-0.05, 0) is 23.8 Å². The van der Waals surface area contributed by atoms with E-state index in [2.05, 4.69) is 0 Å². The number of primary amides is 1.